The molecular weight excluding hydrogens is 344 g/mol. The molecule has 2 aromatic carbocycles. The van der Waals surface area contributed by atoms with Crippen molar-refractivity contribution in [3.63, 3.8) is 0 Å². The number of carbonyl (C=O) groups is 2. The highest BCUT2D eigenvalue weighted by Gasteiger charge is 2.20. The minimum atomic E-state index is -0.637. The van der Waals surface area contributed by atoms with Crippen molar-refractivity contribution >= 4 is 23.6 Å². The first-order valence-corrected chi connectivity index (χ1v) is 8.58. The molecule has 5 heteroatoms. The fourth-order valence-electron chi connectivity index (χ4n) is 2.35. The van der Waals surface area contributed by atoms with E-state index < -0.39 is 24.1 Å². The molecule has 0 heterocycles. The van der Waals surface area contributed by atoms with Crippen LogP contribution in [0, 0.1) is 0 Å². The van der Waals surface area contributed by atoms with E-state index in [1.165, 1.54) is 0 Å². The van der Waals surface area contributed by atoms with Gasteiger partial charge in [-0.2, -0.15) is 0 Å². The first kappa shape index (κ1) is 20.2. The summed E-state index contributed by atoms with van der Waals surface area (Å²) < 4.78 is 15.6. The first-order valence-electron chi connectivity index (χ1n) is 8.58. The van der Waals surface area contributed by atoms with E-state index in [0.29, 0.717) is 16.9 Å². The predicted molar refractivity (Wildman–Crippen MR) is 104 cm³/mol. The van der Waals surface area contributed by atoms with E-state index in [4.69, 9.17) is 14.2 Å². The molecule has 0 amide bonds. The third-order valence-corrected chi connectivity index (χ3v) is 3.45. The minimum absolute atomic E-state index is 0.340. The zero-order valence-corrected chi connectivity index (χ0v) is 16.0. The lowest BCUT2D eigenvalue weighted by molar-refractivity contribution is -0.164. The van der Waals surface area contributed by atoms with Crippen LogP contribution in [-0.4, -0.2) is 31.3 Å². The van der Waals surface area contributed by atoms with Gasteiger partial charge in [0.1, 0.15) is 11.4 Å². The number of ether oxygens (including phenoxy) is 3. The number of hydrogen-bond donors (Lipinski definition) is 0. The van der Waals surface area contributed by atoms with Crippen LogP contribution >= 0.6 is 0 Å². The van der Waals surface area contributed by atoms with Gasteiger partial charge >= 0.3 is 11.9 Å². The number of methoxy groups -OCH3 is 1. The van der Waals surface area contributed by atoms with E-state index in [-0.39, 0.29) is 0 Å². The smallest absolute Gasteiger partial charge is 0.344 e. The van der Waals surface area contributed by atoms with E-state index in [1.807, 2.05) is 42.5 Å². The van der Waals surface area contributed by atoms with Gasteiger partial charge < -0.3 is 14.2 Å². The maximum absolute atomic E-state index is 12.6. The molecule has 0 saturated carbocycles. The van der Waals surface area contributed by atoms with Crippen LogP contribution in [-0.2, 0) is 19.1 Å². The van der Waals surface area contributed by atoms with Crippen LogP contribution in [0.4, 0.5) is 0 Å². The molecule has 0 fully saturated rings. The van der Waals surface area contributed by atoms with Gasteiger partial charge in [-0.3, -0.25) is 0 Å². The van der Waals surface area contributed by atoms with E-state index in [9.17, 15) is 9.59 Å². The van der Waals surface area contributed by atoms with Crippen LogP contribution in [0.3, 0.4) is 0 Å². The van der Waals surface area contributed by atoms with E-state index in [0.717, 1.165) is 5.56 Å². The maximum atomic E-state index is 12.6. The lowest BCUT2D eigenvalue weighted by Crippen LogP contribution is -2.27. The number of benzene rings is 2. The van der Waals surface area contributed by atoms with Gasteiger partial charge in [-0.25, -0.2) is 9.59 Å². The first-order chi connectivity index (χ1) is 12.8. The lowest BCUT2D eigenvalue weighted by atomic mass is 10.0. The molecule has 0 atom stereocenters. The van der Waals surface area contributed by atoms with Crippen LogP contribution < -0.4 is 4.74 Å². The molecule has 0 radical (unpaired) electrons. The summed E-state index contributed by atoms with van der Waals surface area (Å²) in [6, 6.07) is 16.4. The standard InChI is InChI=1S/C22H24O5/c1-22(2,3)27-20(23)15-26-21(24)19(17-10-6-5-7-11-17)14-16-9-8-12-18(13-16)25-4/h5-14H,15H2,1-4H3. The van der Waals surface area contributed by atoms with Crippen LogP contribution in [0.25, 0.3) is 11.6 Å². The van der Waals surface area contributed by atoms with Crippen LogP contribution in [0.2, 0.25) is 0 Å². The normalized spacial score (nSPS) is 11.6. The van der Waals surface area contributed by atoms with Gasteiger partial charge in [0.2, 0.25) is 0 Å². The monoisotopic (exact) mass is 368 g/mol. The average molecular weight is 368 g/mol. The topological polar surface area (TPSA) is 61.8 Å². The second kappa shape index (κ2) is 9.03. The molecule has 5 nitrogen and oxygen atoms in total. The summed E-state index contributed by atoms with van der Waals surface area (Å²) in [5, 5.41) is 0. The summed E-state index contributed by atoms with van der Waals surface area (Å²) in [5.74, 6) is -0.516. The number of esters is 2. The van der Waals surface area contributed by atoms with Gasteiger partial charge in [-0.15, -0.1) is 0 Å². The van der Waals surface area contributed by atoms with Gasteiger partial charge in [0, 0.05) is 0 Å². The maximum Gasteiger partial charge on any atom is 0.344 e. The zero-order chi connectivity index (χ0) is 19.9. The van der Waals surface area contributed by atoms with Crippen molar-refractivity contribution in [2.45, 2.75) is 26.4 Å². The molecule has 0 aliphatic carbocycles. The van der Waals surface area contributed by atoms with Crippen LogP contribution in [0.1, 0.15) is 31.9 Å². The fraction of sp³-hybridized carbons (Fsp3) is 0.273. The molecule has 0 spiro atoms. The molecule has 27 heavy (non-hydrogen) atoms. The SMILES string of the molecule is COc1cccc(C=C(C(=O)OCC(=O)OC(C)(C)C)c2ccccc2)c1. The van der Waals surface area contributed by atoms with Gasteiger partial charge in [0.05, 0.1) is 12.7 Å². The van der Waals surface area contributed by atoms with Gasteiger partial charge in [-0.1, -0.05) is 42.5 Å². The Kier molecular flexibility index (Phi) is 6.77. The summed E-state index contributed by atoms with van der Waals surface area (Å²) in [4.78, 5) is 24.5. The Labute approximate surface area is 159 Å². The Morgan fingerprint density at radius 1 is 1.00 bits per heavy atom. The number of rotatable bonds is 6. The van der Waals surface area contributed by atoms with E-state index in [1.54, 1.807) is 46.1 Å². The molecule has 0 aromatic heterocycles. The molecule has 142 valence electrons. The second-order valence-electron chi connectivity index (χ2n) is 6.86. The summed E-state index contributed by atoms with van der Waals surface area (Å²) in [5.41, 5.74) is 1.17. The Morgan fingerprint density at radius 3 is 2.33 bits per heavy atom. The van der Waals surface area contributed by atoms with Crippen molar-refractivity contribution in [3.05, 3.63) is 65.7 Å². The molecule has 2 rings (SSSR count). The van der Waals surface area contributed by atoms with E-state index >= 15 is 0 Å². The average Bonchev–Trinajstić information content (AvgIpc) is 2.63. The van der Waals surface area contributed by atoms with Crippen molar-refractivity contribution in [3.8, 4) is 5.75 Å². The van der Waals surface area contributed by atoms with Crippen molar-refractivity contribution < 1.29 is 23.8 Å². The third-order valence-electron chi connectivity index (χ3n) is 3.45. The highest BCUT2D eigenvalue weighted by molar-refractivity contribution is 6.21. The van der Waals surface area contributed by atoms with Crippen LogP contribution in [0.15, 0.2) is 54.6 Å². The minimum Gasteiger partial charge on any atom is -0.497 e. The molecule has 0 saturated heterocycles. The fourth-order valence-corrected chi connectivity index (χ4v) is 2.35. The number of hydrogen-bond acceptors (Lipinski definition) is 5. The Hall–Kier alpha value is -3.08. The summed E-state index contributed by atoms with van der Waals surface area (Å²) >= 11 is 0. The summed E-state index contributed by atoms with van der Waals surface area (Å²) in [6.45, 7) is 4.82. The predicted octanol–water partition coefficient (Wildman–Crippen LogP) is 4.12. The Balaban J connectivity index is 2.24. The molecule has 0 aliphatic heterocycles. The largest absolute Gasteiger partial charge is 0.497 e. The molecule has 0 bridgehead atoms. The van der Waals surface area contributed by atoms with Gasteiger partial charge in [0.15, 0.2) is 6.61 Å². The molecule has 0 unspecified atom stereocenters. The second-order valence-corrected chi connectivity index (χ2v) is 6.86. The highest BCUT2D eigenvalue weighted by atomic mass is 16.6. The summed E-state index contributed by atoms with van der Waals surface area (Å²) in [7, 11) is 1.58. The van der Waals surface area contributed by atoms with Crippen molar-refractivity contribution in [1.82, 2.24) is 0 Å². The number of carbonyl (C=O) groups excluding carboxylic acids is 2. The zero-order valence-electron chi connectivity index (χ0n) is 16.0. The van der Waals surface area contributed by atoms with Crippen molar-refractivity contribution in [1.29, 1.82) is 0 Å². The molecule has 2 aromatic rings. The highest BCUT2D eigenvalue weighted by Crippen LogP contribution is 2.22. The van der Waals surface area contributed by atoms with Gasteiger partial charge in [0.25, 0.3) is 0 Å². The van der Waals surface area contributed by atoms with Crippen molar-refractivity contribution in [2.24, 2.45) is 0 Å². The lowest BCUT2D eigenvalue weighted by Gasteiger charge is -2.19. The Bertz CT molecular complexity index is 816. The molecular formula is C22H24O5. The van der Waals surface area contributed by atoms with Gasteiger partial charge in [-0.05, 0) is 50.1 Å². The molecule has 0 N–H and O–H groups in total. The van der Waals surface area contributed by atoms with Crippen LogP contribution in [0.5, 0.6) is 5.75 Å². The van der Waals surface area contributed by atoms with Crippen molar-refractivity contribution in [2.75, 3.05) is 13.7 Å². The summed E-state index contributed by atoms with van der Waals surface area (Å²) in [6.07, 6.45) is 1.70. The quantitative estimate of drug-likeness (QED) is 0.436. The third kappa shape index (κ3) is 6.62. The van der Waals surface area contributed by atoms with E-state index in [2.05, 4.69) is 0 Å². The Morgan fingerprint density at radius 2 is 1.70 bits per heavy atom. The molecule has 0 aliphatic rings.